The largest absolute Gasteiger partial charge is 0.493 e. The number of ether oxygens (including phenoxy) is 2. The molecular weight excluding hydrogens is 268 g/mol. The van der Waals surface area contributed by atoms with Crippen LogP contribution in [0.25, 0.3) is 0 Å². The number of benzene rings is 1. The maximum absolute atomic E-state index is 12.3. The van der Waals surface area contributed by atoms with Crippen LogP contribution in [0.3, 0.4) is 0 Å². The molecule has 0 bridgehead atoms. The second kappa shape index (κ2) is 5.07. The fourth-order valence-corrected chi connectivity index (χ4v) is 3.67. The monoisotopic (exact) mass is 282 g/mol. The molecule has 0 spiro atoms. The molecule has 0 fully saturated rings. The molecule has 0 aliphatic carbocycles. The topological polar surface area (TPSA) is 79.6 Å². The van der Waals surface area contributed by atoms with Crippen LogP contribution < -0.4 is 9.47 Å². The van der Waals surface area contributed by atoms with Gasteiger partial charge < -0.3 is 9.47 Å². The van der Waals surface area contributed by atoms with E-state index in [1.807, 2.05) is 6.07 Å². The van der Waals surface area contributed by atoms with Gasteiger partial charge in [-0.1, -0.05) is 0 Å². The van der Waals surface area contributed by atoms with Crippen molar-refractivity contribution in [1.82, 2.24) is 4.31 Å². The fourth-order valence-electron chi connectivity index (χ4n) is 2.09. The Balaban J connectivity index is 2.57. The van der Waals surface area contributed by atoms with Gasteiger partial charge in [0.25, 0.3) is 0 Å². The number of hydrogen-bond donors (Lipinski definition) is 0. The predicted octanol–water partition coefficient (Wildman–Crippen LogP) is 0.774. The molecule has 0 atom stereocenters. The number of methoxy groups -OCH3 is 2. The van der Waals surface area contributed by atoms with Gasteiger partial charge >= 0.3 is 0 Å². The van der Waals surface area contributed by atoms with E-state index >= 15 is 0 Å². The molecule has 0 saturated heterocycles. The van der Waals surface area contributed by atoms with Crippen molar-refractivity contribution in [2.24, 2.45) is 0 Å². The zero-order valence-corrected chi connectivity index (χ0v) is 11.5. The molecule has 102 valence electrons. The molecule has 6 nitrogen and oxygen atoms in total. The normalized spacial score (nSPS) is 17.3. The molecule has 7 heteroatoms. The van der Waals surface area contributed by atoms with Gasteiger partial charge in [-0.05, 0) is 18.1 Å². The quantitative estimate of drug-likeness (QED) is 0.765. The maximum Gasteiger partial charge on any atom is 0.244 e. The van der Waals surface area contributed by atoms with E-state index in [2.05, 4.69) is 0 Å². The first-order valence-electron chi connectivity index (χ1n) is 5.66. The number of rotatable bonds is 3. The first-order chi connectivity index (χ1) is 9.04. The average molecular weight is 282 g/mol. The van der Waals surface area contributed by atoms with Crippen molar-refractivity contribution in [3.63, 3.8) is 0 Å². The van der Waals surface area contributed by atoms with Crippen molar-refractivity contribution in [2.75, 3.05) is 27.3 Å². The van der Waals surface area contributed by atoms with Crippen LogP contribution in [-0.4, -0.2) is 40.0 Å². The molecular formula is C12H14N2O4S. The minimum absolute atomic E-state index is 0.143. The van der Waals surface area contributed by atoms with Crippen LogP contribution in [0.4, 0.5) is 0 Å². The van der Waals surface area contributed by atoms with Crippen molar-refractivity contribution in [2.45, 2.75) is 11.3 Å². The minimum Gasteiger partial charge on any atom is -0.493 e. The van der Waals surface area contributed by atoms with Crippen LogP contribution in [-0.2, 0) is 16.4 Å². The third-order valence-corrected chi connectivity index (χ3v) is 4.99. The van der Waals surface area contributed by atoms with E-state index in [9.17, 15) is 8.42 Å². The van der Waals surface area contributed by atoms with Crippen LogP contribution in [0.15, 0.2) is 17.0 Å². The van der Waals surface area contributed by atoms with Crippen molar-refractivity contribution >= 4 is 10.0 Å². The summed E-state index contributed by atoms with van der Waals surface area (Å²) in [7, 11) is -0.673. The number of sulfonamides is 1. The molecule has 0 saturated carbocycles. The van der Waals surface area contributed by atoms with Crippen LogP contribution in [0.1, 0.15) is 5.56 Å². The molecule has 2 rings (SSSR count). The van der Waals surface area contributed by atoms with Gasteiger partial charge in [-0.3, -0.25) is 0 Å². The van der Waals surface area contributed by atoms with E-state index in [0.29, 0.717) is 30.0 Å². The van der Waals surface area contributed by atoms with Crippen molar-refractivity contribution < 1.29 is 17.9 Å². The molecule has 0 radical (unpaired) electrons. The highest BCUT2D eigenvalue weighted by Gasteiger charge is 2.32. The van der Waals surface area contributed by atoms with Gasteiger partial charge in [0.05, 0.1) is 25.2 Å². The summed E-state index contributed by atoms with van der Waals surface area (Å²) < 4.78 is 36.1. The fraction of sp³-hybridized carbons (Fsp3) is 0.417. The summed E-state index contributed by atoms with van der Waals surface area (Å²) in [6.45, 7) is 0.161. The Morgan fingerprint density at radius 3 is 2.53 bits per heavy atom. The Morgan fingerprint density at radius 1 is 1.32 bits per heavy atom. The van der Waals surface area contributed by atoms with Gasteiger partial charge in [0, 0.05) is 12.6 Å². The highest BCUT2D eigenvalue weighted by molar-refractivity contribution is 7.89. The van der Waals surface area contributed by atoms with Crippen LogP contribution in [0.2, 0.25) is 0 Å². The van der Waals surface area contributed by atoms with Crippen molar-refractivity contribution in [3.8, 4) is 17.6 Å². The summed E-state index contributed by atoms with van der Waals surface area (Å²) in [5.74, 6) is 0.869. The van der Waals surface area contributed by atoms with E-state index in [0.717, 1.165) is 0 Å². The van der Waals surface area contributed by atoms with Gasteiger partial charge in [0.15, 0.2) is 11.5 Å². The van der Waals surface area contributed by atoms with Gasteiger partial charge in [-0.15, -0.1) is 0 Å². The Kier molecular flexibility index (Phi) is 3.64. The zero-order chi connectivity index (χ0) is 14.0. The molecule has 1 aromatic carbocycles. The Morgan fingerprint density at radius 2 is 1.95 bits per heavy atom. The summed E-state index contributed by atoms with van der Waals surface area (Å²) in [4.78, 5) is 0.187. The third-order valence-electron chi connectivity index (χ3n) is 3.06. The minimum atomic E-state index is -3.63. The lowest BCUT2D eigenvalue weighted by atomic mass is 10.1. The second-order valence-corrected chi connectivity index (χ2v) is 5.97. The number of hydrogen-bond acceptors (Lipinski definition) is 5. The summed E-state index contributed by atoms with van der Waals surface area (Å²) >= 11 is 0. The lowest BCUT2D eigenvalue weighted by Gasteiger charge is -2.27. The van der Waals surface area contributed by atoms with E-state index in [1.165, 1.54) is 24.6 Å². The summed E-state index contributed by atoms with van der Waals surface area (Å²) in [6, 6.07) is 4.99. The van der Waals surface area contributed by atoms with E-state index in [-0.39, 0.29) is 11.4 Å². The zero-order valence-electron chi connectivity index (χ0n) is 10.7. The van der Waals surface area contributed by atoms with Gasteiger partial charge in [0.2, 0.25) is 10.0 Å². The lowest BCUT2D eigenvalue weighted by Crippen LogP contribution is -2.37. The van der Waals surface area contributed by atoms with Crippen LogP contribution in [0, 0.1) is 11.3 Å². The Labute approximate surface area is 112 Å². The molecule has 1 aliphatic heterocycles. The first kappa shape index (κ1) is 13.6. The number of nitriles is 1. The molecule has 1 aromatic rings. The number of fused-ring (bicyclic) bond motifs is 1. The molecule has 0 N–H and O–H groups in total. The lowest BCUT2D eigenvalue weighted by molar-refractivity contribution is 0.351. The molecule has 0 unspecified atom stereocenters. The van der Waals surface area contributed by atoms with Gasteiger partial charge in [0.1, 0.15) is 6.54 Å². The van der Waals surface area contributed by atoms with E-state index in [4.69, 9.17) is 14.7 Å². The molecule has 1 aliphatic rings. The van der Waals surface area contributed by atoms with Crippen molar-refractivity contribution in [3.05, 3.63) is 17.7 Å². The van der Waals surface area contributed by atoms with Crippen LogP contribution >= 0.6 is 0 Å². The van der Waals surface area contributed by atoms with E-state index < -0.39 is 10.0 Å². The molecule has 0 amide bonds. The smallest absolute Gasteiger partial charge is 0.244 e. The second-order valence-electron chi connectivity index (χ2n) is 4.06. The first-order valence-corrected chi connectivity index (χ1v) is 7.10. The molecule has 19 heavy (non-hydrogen) atoms. The van der Waals surface area contributed by atoms with E-state index in [1.54, 1.807) is 6.07 Å². The average Bonchev–Trinajstić information content (AvgIpc) is 2.41. The van der Waals surface area contributed by atoms with Crippen LogP contribution in [0.5, 0.6) is 11.5 Å². The maximum atomic E-state index is 12.3. The highest BCUT2D eigenvalue weighted by atomic mass is 32.2. The van der Waals surface area contributed by atoms with Crippen molar-refractivity contribution in [1.29, 1.82) is 5.26 Å². The Bertz CT molecular complexity index is 634. The highest BCUT2D eigenvalue weighted by Crippen LogP contribution is 2.36. The standard InChI is InChI=1S/C12H14N2O4S/c1-17-10-7-9-3-5-14(6-4-13)19(15,16)12(9)8-11(10)18-2/h7-8H,3,5-6H2,1-2H3. The molecule has 1 heterocycles. The summed E-state index contributed by atoms with van der Waals surface area (Å²) in [6.07, 6.45) is 0.552. The summed E-state index contributed by atoms with van der Waals surface area (Å²) in [5, 5.41) is 8.68. The number of nitrogens with zero attached hydrogens (tertiary/aromatic N) is 2. The van der Waals surface area contributed by atoms with Gasteiger partial charge in [-0.2, -0.15) is 9.57 Å². The third kappa shape index (κ3) is 2.25. The Hall–Kier alpha value is -1.78. The summed E-state index contributed by atoms with van der Waals surface area (Å²) in [5.41, 5.74) is 0.687. The molecule has 0 aromatic heterocycles. The SMILES string of the molecule is COc1cc2c(cc1OC)S(=O)(=O)N(CC#N)CC2. The van der Waals surface area contributed by atoms with Gasteiger partial charge in [-0.25, -0.2) is 8.42 Å². The predicted molar refractivity (Wildman–Crippen MR) is 67.6 cm³/mol.